The second-order valence-corrected chi connectivity index (χ2v) is 3.97. The van der Waals surface area contributed by atoms with E-state index in [0.29, 0.717) is 13.2 Å². The summed E-state index contributed by atoms with van der Waals surface area (Å²) in [5, 5.41) is 0.273. The maximum Gasteiger partial charge on any atom is 0.341 e. The van der Waals surface area contributed by atoms with Crippen LogP contribution in [0.5, 0.6) is 0 Å². The lowest BCUT2D eigenvalue weighted by atomic mass is 10.3. The number of hydrogen-bond acceptors (Lipinski definition) is 4. The van der Waals surface area contributed by atoms with Crippen molar-refractivity contribution in [2.75, 3.05) is 19.8 Å². The third kappa shape index (κ3) is 4.89. The largest absolute Gasteiger partial charge is 0.460 e. The van der Waals surface area contributed by atoms with Gasteiger partial charge < -0.3 is 9.47 Å². The van der Waals surface area contributed by atoms with Gasteiger partial charge >= 0.3 is 5.97 Å². The highest BCUT2D eigenvalue weighted by Crippen LogP contribution is 2.17. The van der Waals surface area contributed by atoms with Crippen LogP contribution in [0.1, 0.15) is 23.7 Å². The van der Waals surface area contributed by atoms with Crippen molar-refractivity contribution in [3.63, 3.8) is 0 Å². The minimum absolute atomic E-state index is 0.0389. The Hall–Kier alpha value is -0.840. The SMILES string of the molecule is CCCOCCOC(=O)c1ccc(Cl)nc1Cl. The van der Waals surface area contributed by atoms with E-state index in [4.69, 9.17) is 32.7 Å². The van der Waals surface area contributed by atoms with Gasteiger partial charge in [0.1, 0.15) is 16.9 Å². The van der Waals surface area contributed by atoms with E-state index in [1.165, 1.54) is 12.1 Å². The van der Waals surface area contributed by atoms with E-state index in [-0.39, 0.29) is 22.5 Å². The predicted octanol–water partition coefficient (Wildman–Crippen LogP) is 2.97. The smallest absolute Gasteiger partial charge is 0.341 e. The molecule has 0 saturated carbocycles. The van der Waals surface area contributed by atoms with E-state index in [1.54, 1.807) is 0 Å². The summed E-state index contributed by atoms with van der Waals surface area (Å²) in [5.74, 6) is -0.528. The lowest BCUT2D eigenvalue weighted by Crippen LogP contribution is -2.12. The lowest BCUT2D eigenvalue weighted by molar-refractivity contribution is 0.0318. The van der Waals surface area contributed by atoms with Gasteiger partial charge in [-0.2, -0.15) is 0 Å². The van der Waals surface area contributed by atoms with Gasteiger partial charge in [0.25, 0.3) is 0 Å². The molecule has 0 aliphatic heterocycles. The molecular weight excluding hydrogens is 265 g/mol. The summed E-state index contributed by atoms with van der Waals surface area (Å²) in [6, 6.07) is 2.96. The molecule has 94 valence electrons. The van der Waals surface area contributed by atoms with Gasteiger partial charge in [0.05, 0.1) is 12.2 Å². The van der Waals surface area contributed by atoms with Gasteiger partial charge in [0.15, 0.2) is 0 Å². The van der Waals surface area contributed by atoms with Crippen LogP contribution < -0.4 is 0 Å². The van der Waals surface area contributed by atoms with Gasteiger partial charge in [-0.15, -0.1) is 0 Å². The molecule has 1 aromatic heterocycles. The number of rotatable bonds is 6. The van der Waals surface area contributed by atoms with E-state index in [2.05, 4.69) is 4.98 Å². The highest BCUT2D eigenvalue weighted by Gasteiger charge is 2.13. The summed E-state index contributed by atoms with van der Waals surface area (Å²) < 4.78 is 10.1. The molecule has 0 bridgehead atoms. The highest BCUT2D eigenvalue weighted by atomic mass is 35.5. The number of esters is 1. The van der Waals surface area contributed by atoms with Crippen molar-refractivity contribution >= 4 is 29.2 Å². The Morgan fingerprint density at radius 2 is 2.06 bits per heavy atom. The van der Waals surface area contributed by atoms with Gasteiger partial charge in [-0.3, -0.25) is 0 Å². The first kappa shape index (κ1) is 14.2. The molecule has 0 atom stereocenters. The molecule has 0 aliphatic rings. The van der Waals surface area contributed by atoms with Gasteiger partial charge in [-0.25, -0.2) is 9.78 Å². The summed E-state index contributed by atoms with van der Waals surface area (Å²) >= 11 is 11.4. The number of ether oxygens (including phenoxy) is 2. The van der Waals surface area contributed by atoms with Crippen LogP contribution in [0, 0.1) is 0 Å². The lowest BCUT2D eigenvalue weighted by Gasteiger charge is -2.06. The standard InChI is InChI=1S/C11H13Cl2NO3/c1-2-5-16-6-7-17-11(15)8-3-4-9(12)14-10(8)13/h3-4H,2,5-7H2,1H3. The summed E-state index contributed by atoms with van der Waals surface area (Å²) in [7, 11) is 0. The van der Waals surface area contributed by atoms with E-state index < -0.39 is 5.97 Å². The molecule has 0 amide bonds. The molecule has 0 N–H and O–H groups in total. The third-order valence-corrected chi connectivity index (χ3v) is 2.34. The number of aromatic nitrogens is 1. The Morgan fingerprint density at radius 3 is 2.71 bits per heavy atom. The monoisotopic (exact) mass is 277 g/mol. The van der Waals surface area contributed by atoms with E-state index >= 15 is 0 Å². The maximum atomic E-state index is 11.6. The fraction of sp³-hybridized carbons (Fsp3) is 0.455. The average molecular weight is 278 g/mol. The van der Waals surface area contributed by atoms with Crippen LogP contribution in [-0.2, 0) is 9.47 Å². The molecule has 0 spiro atoms. The summed E-state index contributed by atoms with van der Waals surface area (Å²) in [4.78, 5) is 15.3. The van der Waals surface area contributed by atoms with Crippen molar-refractivity contribution in [3.8, 4) is 0 Å². The quantitative estimate of drug-likeness (QED) is 0.456. The summed E-state index contributed by atoms with van der Waals surface area (Å²) in [6.45, 7) is 3.22. The number of hydrogen-bond donors (Lipinski definition) is 0. The normalized spacial score (nSPS) is 10.3. The van der Waals surface area contributed by atoms with Crippen molar-refractivity contribution < 1.29 is 14.3 Å². The Balaban J connectivity index is 2.42. The Kier molecular flexibility index (Phi) is 6.26. The van der Waals surface area contributed by atoms with Crippen molar-refractivity contribution in [3.05, 3.63) is 28.0 Å². The van der Waals surface area contributed by atoms with E-state index in [0.717, 1.165) is 6.42 Å². The molecule has 0 aliphatic carbocycles. The molecule has 1 heterocycles. The minimum Gasteiger partial charge on any atom is -0.460 e. The van der Waals surface area contributed by atoms with Crippen molar-refractivity contribution in [1.82, 2.24) is 4.98 Å². The Bertz CT molecular complexity index is 385. The molecule has 17 heavy (non-hydrogen) atoms. The molecule has 0 fully saturated rings. The zero-order valence-electron chi connectivity index (χ0n) is 9.41. The second kappa shape index (κ2) is 7.48. The van der Waals surface area contributed by atoms with Gasteiger partial charge in [0, 0.05) is 6.61 Å². The molecule has 0 unspecified atom stereocenters. The zero-order chi connectivity index (χ0) is 12.7. The Labute approximate surface area is 110 Å². The first-order valence-corrected chi connectivity index (χ1v) is 5.97. The van der Waals surface area contributed by atoms with Crippen LogP contribution in [0.25, 0.3) is 0 Å². The van der Waals surface area contributed by atoms with Gasteiger partial charge in [-0.1, -0.05) is 30.1 Å². The van der Waals surface area contributed by atoms with E-state index in [9.17, 15) is 4.79 Å². The van der Waals surface area contributed by atoms with Crippen molar-refractivity contribution in [1.29, 1.82) is 0 Å². The fourth-order valence-corrected chi connectivity index (χ4v) is 1.50. The summed E-state index contributed by atoms with van der Waals surface area (Å²) in [5.41, 5.74) is 0.201. The number of halogens is 2. The topological polar surface area (TPSA) is 48.4 Å². The van der Waals surface area contributed by atoms with Crippen LogP contribution in [0.15, 0.2) is 12.1 Å². The predicted molar refractivity (Wildman–Crippen MR) is 65.6 cm³/mol. The number of pyridine rings is 1. The second-order valence-electron chi connectivity index (χ2n) is 3.22. The van der Waals surface area contributed by atoms with Gasteiger partial charge in [0.2, 0.25) is 0 Å². The van der Waals surface area contributed by atoms with E-state index in [1.807, 2.05) is 6.92 Å². The molecule has 1 aromatic rings. The van der Waals surface area contributed by atoms with Crippen LogP contribution in [0.2, 0.25) is 10.3 Å². The number of carbonyl (C=O) groups is 1. The zero-order valence-corrected chi connectivity index (χ0v) is 10.9. The third-order valence-electron chi connectivity index (χ3n) is 1.84. The van der Waals surface area contributed by atoms with Crippen LogP contribution in [0.3, 0.4) is 0 Å². The fourth-order valence-electron chi connectivity index (χ4n) is 1.08. The van der Waals surface area contributed by atoms with Crippen LogP contribution in [0.4, 0.5) is 0 Å². The maximum absolute atomic E-state index is 11.6. The molecule has 0 aromatic carbocycles. The molecule has 6 heteroatoms. The highest BCUT2D eigenvalue weighted by molar-refractivity contribution is 6.34. The summed E-state index contributed by atoms with van der Waals surface area (Å²) in [6.07, 6.45) is 0.931. The number of nitrogens with zero attached hydrogens (tertiary/aromatic N) is 1. The first-order valence-electron chi connectivity index (χ1n) is 5.22. The average Bonchev–Trinajstić information content (AvgIpc) is 2.28. The van der Waals surface area contributed by atoms with Crippen LogP contribution >= 0.6 is 23.2 Å². The molecule has 1 rings (SSSR count). The molecular formula is C11H13Cl2NO3. The van der Waals surface area contributed by atoms with Crippen LogP contribution in [-0.4, -0.2) is 30.8 Å². The van der Waals surface area contributed by atoms with Crippen molar-refractivity contribution in [2.45, 2.75) is 13.3 Å². The number of carbonyl (C=O) groups excluding carboxylic acids is 1. The first-order chi connectivity index (χ1) is 8.15. The Morgan fingerprint density at radius 1 is 1.29 bits per heavy atom. The van der Waals surface area contributed by atoms with Crippen molar-refractivity contribution in [2.24, 2.45) is 0 Å². The molecule has 4 nitrogen and oxygen atoms in total. The minimum atomic E-state index is -0.528. The van der Waals surface area contributed by atoms with Gasteiger partial charge in [-0.05, 0) is 18.6 Å². The molecule has 0 radical (unpaired) electrons. The molecule has 0 saturated heterocycles.